The minimum absolute atomic E-state index is 0. The third-order valence-corrected chi connectivity index (χ3v) is 5.68. The fourth-order valence-corrected chi connectivity index (χ4v) is 4.01. The van der Waals surface area contributed by atoms with Gasteiger partial charge >= 0.3 is 0 Å². The van der Waals surface area contributed by atoms with Gasteiger partial charge in [0.1, 0.15) is 0 Å². The first kappa shape index (κ1) is 23.6. The van der Waals surface area contributed by atoms with Crippen LogP contribution >= 0.6 is 35.3 Å². The summed E-state index contributed by atoms with van der Waals surface area (Å²) in [5, 5.41) is 18.3. The van der Waals surface area contributed by atoms with E-state index in [1.807, 2.05) is 0 Å². The number of likely N-dealkylation sites (N-methyl/N-ethyl adjacent to an activating group) is 1. The molecule has 0 bridgehead atoms. The summed E-state index contributed by atoms with van der Waals surface area (Å²) >= 11 is 1.78. The van der Waals surface area contributed by atoms with Gasteiger partial charge in [0.2, 0.25) is 0 Å². The van der Waals surface area contributed by atoms with Gasteiger partial charge in [-0.2, -0.15) is 0 Å². The standard InChI is InChI=1S/C18H32N4O2S.HI/c1-4-19-17(21-13-18(7-9-23)8-10-24-14-18)20-12-15(22(2)3)16-6-5-11-25-16;/h5-6,11,15,23H,4,7-10,12-14H2,1-3H3,(H2,19,20,21);1H. The predicted octanol–water partition coefficient (Wildman–Crippen LogP) is 2.31. The van der Waals surface area contributed by atoms with E-state index < -0.39 is 0 Å². The number of hydrogen-bond donors (Lipinski definition) is 3. The highest BCUT2D eigenvalue weighted by Crippen LogP contribution is 2.32. The SMILES string of the molecule is CCNC(=NCC1(CCO)CCOC1)NCC(c1cccs1)N(C)C.I. The zero-order valence-electron chi connectivity index (χ0n) is 16.0. The Morgan fingerprint density at radius 2 is 2.27 bits per heavy atom. The van der Waals surface area contributed by atoms with Crippen molar-refractivity contribution < 1.29 is 9.84 Å². The van der Waals surface area contributed by atoms with E-state index in [9.17, 15) is 5.11 Å². The Hall–Kier alpha value is -0.420. The predicted molar refractivity (Wildman–Crippen MR) is 120 cm³/mol. The van der Waals surface area contributed by atoms with Crippen molar-refractivity contribution in [1.82, 2.24) is 15.5 Å². The van der Waals surface area contributed by atoms with Crippen molar-refractivity contribution in [1.29, 1.82) is 0 Å². The minimum atomic E-state index is -0.0220. The second-order valence-corrected chi connectivity index (χ2v) is 7.83. The number of guanidine groups is 1. The second-order valence-electron chi connectivity index (χ2n) is 6.85. The molecule has 0 amide bonds. The largest absolute Gasteiger partial charge is 0.396 e. The molecule has 2 heterocycles. The number of thiophene rings is 1. The molecule has 6 nitrogen and oxygen atoms in total. The number of aliphatic imine (C=N–C) groups is 1. The maximum atomic E-state index is 9.36. The zero-order chi connectivity index (χ0) is 18.1. The molecule has 0 saturated carbocycles. The molecule has 2 rings (SSSR count). The lowest BCUT2D eigenvalue weighted by Crippen LogP contribution is -2.42. The van der Waals surface area contributed by atoms with Gasteiger partial charge in [-0.05, 0) is 45.3 Å². The third kappa shape index (κ3) is 6.95. The topological polar surface area (TPSA) is 69.1 Å². The summed E-state index contributed by atoms with van der Waals surface area (Å²) < 4.78 is 5.56. The van der Waals surface area contributed by atoms with E-state index in [1.165, 1.54) is 4.88 Å². The van der Waals surface area contributed by atoms with Crippen LogP contribution in [0.4, 0.5) is 0 Å². The quantitative estimate of drug-likeness (QED) is 0.278. The monoisotopic (exact) mass is 496 g/mol. The fourth-order valence-electron chi connectivity index (χ4n) is 3.09. The molecule has 1 aliphatic rings. The molecule has 3 N–H and O–H groups in total. The number of hydrogen-bond acceptors (Lipinski definition) is 5. The summed E-state index contributed by atoms with van der Waals surface area (Å²) in [4.78, 5) is 8.35. The molecule has 0 spiro atoms. The molecule has 150 valence electrons. The molecular weight excluding hydrogens is 463 g/mol. The number of rotatable bonds is 9. The van der Waals surface area contributed by atoms with Gasteiger partial charge in [0.05, 0.1) is 19.2 Å². The van der Waals surface area contributed by atoms with Gasteiger partial charge in [0, 0.05) is 36.6 Å². The van der Waals surface area contributed by atoms with Crippen molar-refractivity contribution in [3.8, 4) is 0 Å². The van der Waals surface area contributed by atoms with Crippen LogP contribution in [0.1, 0.15) is 30.7 Å². The molecule has 1 aromatic rings. The number of aliphatic hydroxyl groups is 1. The van der Waals surface area contributed by atoms with Gasteiger partial charge in [-0.15, -0.1) is 35.3 Å². The van der Waals surface area contributed by atoms with Crippen molar-refractivity contribution in [3.63, 3.8) is 0 Å². The Kier molecular flexibility index (Phi) is 11.0. The van der Waals surface area contributed by atoms with Crippen LogP contribution in [0.25, 0.3) is 0 Å². The Balaban J connectivity index is 0.00000338. The second kappa shape index (κ2) is 12.1. The molecule has 8 heteroatoms. The molecule has 1 fully saturated rings. The van der Waals surface area contributed by atoms with Gasteiger partial charge in [-0.25, -0.2) is 0 Å². The first-order valence-electron chi connectivity index (χ1n) is 9.01. The van der Waals surface area contributed by atoms with E-state index in [0.717, 1.165) is 38.5 Å². The molecule has 1 aliphatic heterocycles. The summed E-state index contributed by atoms with van der Waals surface area (Å²) in [6, 6.07) is 4.58. The van der Waals surface area contributed by atoms with Crippen LogP contribution in [0.2, 0.25) is 0 Å². The molecule has 0 aromatic carbocycles. The van der Waals surface area contributed by atoms with Gasteiger partial charge in [-0.1, -0.05) is 6.07 Å². The number of nitrogens with zero attached hydrogens (tertiary/aromatic N) is 2. The van der Waals surface area contributed by atoms with Gasteiger partial charge < -0.3 is 25.4 Å². The summed E-state index contributed by atoms with van der Waals surface area (Å²) in [6.45, 7) is 6.00. The average Bonchev–Trinajstić information content (AvgIpc) is 3.25. The zero-order valence-corrected chi connectivity index (χ0v) is 19.2. The van der Waals surface area contributed by atoms with E-state index in [1.54, 1.807) is 11.3 Å². The van der Waals surface area contributed by atoms with E-state index in [4.69, 9.17) is 9.73 Å². The van der Waals surface area contributed by atoms with Crippen molar-refractivity contribution in [2.45, 2.75) is 25.8 Å². The lowest BCUT2D eigenvalue weighted by molar-refractivity contribution is 0.131. The van der Waals surface area contributed by atoms with Gasteiger partial charge in [0.15, 0.2) is 5.96 Å². The van der Waals surface area contributed by atoms with Gasteiger partial charge in [-0.3, -0.25) is 4.99 Å². The van der Waals surface area contributed by atoms with Crippen LogP contribution in [0.3, 0.4) is 0 Å². The van der Waals surface area contributed by atoms with Crippen LogP contribution in [-0.2, 0) is 4.74 Å². The number of halogens is 1. The van der Waals surface area contributed by atoms with E-state index in [0.29, 0.717) is 19.2 Å². The highest BCUT2D eigenvalue weighted by atomic mass is 127. The smallest absolute Gasteiger partial charge is 0.191 e. The Morgan fingerprint density at radius 3 is 2.81 bits per heavy atom. The lowest BCUT2D eigenvalue weighted by Gasteiger charge is -2.26. The fraction of sp³-hybridized carbons (Fsp3) is 0.722. The Bertz CT molecular complexity index is 519. The number of ether oxygens (including phenoxy) is 1. The highest BCUT2D eigenvalue weighted by Gasteiger charge is 2.34. The van der Waals surface area contributed by atoms with E-state index in [-0.39, 0.29) is 36.0 Å². The average molecular weight is 496 g/mol. The van der Waals surface area contributed by atoms with Crippen LogP contribution in [0.5, 0.6) is 0 Å². The maximum Gasteiger partial charge on any atom is 0.191 e. The maximum absolute atomic E-state index is 9.36. The van der Waals surface area contributed by atoms with E-state index >= 15 is 0 Å². The summed E-state index contributed by atoms with van der Waals surface area (Å²) in [5.41, 5.74) is -0.0220. The van der Waals surface area contributed by atoms with Gasteiger partial charge in [0.25, 0.3) is 0 Å². The molecule has 26 heavy (non-hydrogen) atoms. The third-order valence-electron chi connectivity index (χ3n) is 4.70. The Morgan fingerprint density at radius 1 is 1.46 bits per heavy atom. The Labute approximate surface area is 178 Å². The minimum Gasteiger partial charge on any atom is -0.396 e. The summed E-state index contributed by atoms with van der Waals surface area (Å²) in [5.74, 6) is 0.829. The molecule has 2 unspecified atom stereocenters. The van der Waals surface area contributed by atoms with Crippen molar-refractivity contribution in [2.24, 2.45) is 10.4 Å². The van der Waals surface area contributed by atoms with Crippen LogP contribution in [0, 0.1) is 5.41 Å². The van der Waals surface area contributed by atoms with Crippen LogP contribution in [-0.4, -0.2) is 69.5 Å². The van der Waals surface area contributed by atoms with Crippen LogP contribution < -0.4 is 10.6 Å². The number of nitrogens with one attached hydrogen (secondary N) is 2. The molecule has 1 aromatic heterocycles. The molecular formula is C18H33IN4O2S. The molecule has 2 atom stereocenters. The van der Waals surface area contributed by atoms with Crippen molar-refractivity contribution >= 4 is 41.3 Å². The molecule has 0 aliphatic carbocycles. The highest BCUT2D eigenvalue weighted by molar-refractivity contribution is 14.0. The first-order valence-corrected chi connectivity index (χ1v) is 9.89. The summed E-state index contributed by atoms with van der Waals surface area (Å²) in [7, 11) is 4.20. The summed E-state index contributed by atoms with van der Waals surface area (Å²) in [6.07, 6.45) is 1.71. The first-order chi connectivity index (χ1) is 12.1. The number of aliphatic hydroxyl groups excluding tert-OH is 1. The van der Waals surface area contributed by atoms with Crippen molar-refractivity contribution in [3.05, 3.63) is 22.4 Å². The molecule has 1 saturated heterocycles. The molecule has 0 radical (unpaired) electrons. The van der Waals surface area contributed by atoms with Crippen molar-refractivity contribution in [2.75, 3.05) is 53.6 Å². The van der Waals surface area contributed by atoms with Crippen LogP contribution in [0.15, 0.2) is 22.5 Å². The lowest BCUT2D eigenvalue weighted by atomic mass is 9.84. The normalized spacial score (nSPS) is 21.5. The van der Waals surface area contributed by atoms with E-state index in [2.05, 4.69) is 54.1 Å².